The maximum Gasteiger partial charge on any atom is 0.251 e. The Labute approximate surface area is 161 Å². The minimum atomic E-state index is -0.737. The normalized spacial score (nSPS) is 11.5. The van der Waals surface area contributed by atoms with Crippen molar-refractivity contribution in [2.75, 3.05) is 5.32 Å². The minimum absolute atomic E-state index is 0.140. The Morgan fingerprint density at radius 3 is 2.18 bits per heavy atom. The van der Waals surface area contributed by atoms with Gasteiger partial charge in [-0.15, -0.1) is 0 Å². The van der Waals surface area contributed by atoms with Crippen molar-refractivity contribution in [2.45, 2.75) is 12.5 Å². The van der Waals surface area contributed by atoms with Gasteiger partial charge < -0.3 is 10.6 Å². The Morgan fingerprint density at radius 1 is 0.857 bits per heavy atom. The maximum absolute atomic E-state index is 13.8. The molecule has 0 spiro atoms. The van der Waals surface area contributed by atoms with Crippen molar-refractivity contribution in [1.82, 2.24) is 5.32 Å². The molecule has 3 rings (SSSR count). The highest BCUT2D eigenvalue weighted by Gasteiger charge is 2.20. The van der Waals surface area contributed by atoms with E-state index in [-0.39, 0.29) is 18.0 Å². The molecular formula is C22H18F2N2O2. The summed E-state index contributed by atoms with van der Waals surface area (Å²) in [7, 11) is 0. The first-order valence-electron chi connectivity index (χ1n) is 8.68. The third-order valence-electron chi connectivity index (χ3n) is 4.14. The first-order valence-corrected chi connectivity index (χ1v) is 8.68. The van der Waals surface area contributed by atoms with E-state index in [4.69, 9.17) is 0 Å². The van der Waals surface area contributed by atoms with Crippen LogP contribution in [0.25, 0.3) is 0 Å². The Bertz CT molecular complexity index is 963. The molecule has 0 fully saturated rings. The number of anilines is 1. The van der Waals surface area contributed by atoms with Crippen LogP contribution in [0.1, 0.15) is 28.4 Å². The van der Waals surface area contributed by atoms with Gasteiger partial charge in [-0.2, -0.15) is 0 Å². The quantitative estimate of drug-likeness (QED) is 0.663. The molecule has 142 valence electrons. The molecule has 0 saturated heterocycles. The number of amides is 2. The summed E-state index contributed by atoms with van der Waals surface area (Å²) in [5, 5.41) is 5.18. The summed E-state index contributed by atoms with van der Waals surface area (Å²) in [5.74, 6) is -2.28. The van der Waals surface area contributed by atoms with Crippen molar-refractivity contribution in [2.24, 2.45) is 0 Å². The van der Waals surface area contributed by atoms with Crippen LogP contribution in [0.15, 0.2) is 78.9 Å². The van der Waals surface area contributed by atoms with E-state index >= 15 is 0 Å². The molecule has 0 bridgehead atoms. The Hall–Kier alpha value is -3.54. The van der Waals surface area contributed by atoms with E-state index in [1.54, 1.807) is 54.6 Å². The fraction of sp³-hybridized carbons (Fsp3) is 0.0909. The van der Waals surface area contributed by atoms with E-state index in [9.17, 15) is 18.4 Å². The van der Waals surface area contributed by atoms with Crippen molar-refractivity contribution in [3.05, 3.63) is 102 Å². The SMILES string of the molecule is O=C(CC(NC(=O)c1ccccc1)c1ccccc1)Nc1cc(F)ccc1F. The number of carbonyl (C=O) groups excluding carboxylic acids is 2. The minimum Gasteiger partial charge on any atom is -0.345 e. The van der Waals surface area contributed by atoms with Crippen LogP contribution in [0.3, 0.4) is 0 Å². The number of rotatable bonds is 6. The van der Waals surface area contributed by atoms with Gasteiger partial charge in [0, 0.05) is 11.6 Å². The maximum atomic E-state index is 13.8. The molecule has 3 aromatic carbocycles. The molecule has 0 radical (unpaired) electrons. The molecule has 0 saturated carbocycles. The predicted octanol–water partition coefficient (Wildman–Crippen LogP) is 4.46. The number of halogens is 2. The Morgan fingerprint density at radius 2 is 1.50 bits per heavy atom. The van der Waals surface area contributed by atoms with Crippen molar-refractivity contribution in [3.8, 4) is 0 Å². The van der Waals surface area contributed by atoms with Crippen LogP contribution >= 0.6 is 0 Å². The van der Waals surface area contributed by atoms with Gasteiger partial charge in [-0.25, -0.2) is 8.78 Å². The number of hydrogen-bond acceptors (Lipinski definition) is 2. The summed E-state index contributed by atoms with van der Waals surface area (Å²) in [6.07, 6.45) is -0.140. The molecule has 2 N–H and O–H groups in total. The number of hydrogen-bond donors (Lipinski definition) is 2. The summed E-state index contributed by atoms with van der Waals surface area (Å²) in [6, 6.07) is 19.8. The second kappa shape index (κ2) is 8.90. The van der Waals surface area contributed by atoms with Gasteiger partial charge in [0.2, 0.25) is 5.91 Å². The molecule has 0 aliphatic rings. The molecule has 3 aromatic rings. The van der Waals surface area contributed by atoms with Gasteiger partial charge in [0.15, 0.2) is 0 Å². The van der Waals surface area contributed by atoms with E-state index in [0.717, 1.165) is 23.8 Å². The molecular weight excluding hydrogens is 362 g/mol. The molecule has 6 heteroatoms. The van der Waals surface area contributed by atoms with Crippen LogP contribution in [0.5, 0.6) is 0 Å². The highest BCUT2D eigenvalue weighted by Crippen LogP contribution is 2.20. The molecule has 0 aliphatic heterocycles. The molecule has 0 aromatic heterocycles. The summed E-state index contributed by atoms with van der Waals surface area (Å²) in [5.41, 5.74) is 0.938. The zero-order chi connectivity index (χ0) is 19.9. The lowest BCUT2D eigenvalue weighted by molar-refractivity contribution is -0.116. The van der Waals surface area contributed by atoms with E-state index in [0.29, 0.717) is 5.56 Å². The fourth-order valence-electron chi connectivity index (χ4n) is 2.75. The molecule has 28 heavy (non-hydrogen) atoms. The zero-order valence-corrected chi connectivity index (χ0v) is 14.9. The van der Waals surface area contributed by atoms with Crippen molar-refractivity contribution in [1.29, 1.82) is 0 Å². The van der Waals surface area contributed by atoms with Crippen LogP contribution in [0.2, 0.25) is 0 Å². The van der Waals surface area contributed by atoms with Crippen LogP contribution in [0.4, 0.5) is 14.5 Å². The van der Waals surface area contributed by atoms with E-state index in [1.807, 2.05) is 6.07 Å². The molecule has 1 atom stereocenters. The molecule has 2 amide bonds. The summed E-state index contributed by atoms with van der Waals surface area (Å²) in [4.78, 5) is 24.9. The smallest absolute Gasteiger partial charge is 0.251 e. The first kappa shape index (κ1) is 19.2. The van der Waals surface area contributed by atoms with Gasteiger partial charge in [0.1, 0.15) is 11.6 Å². The number of carbonyl (C=O) groups is 2. The van der Waals surface area contributed by atoms with Crippen molar-refractivity contribution >= 4 is 17.5 Å². The second-order valence-corrected chi connectivity index (χ2v) is 6.18. The van der Waals surface area contributed by atoms with Crippen LogP contribution in [-0.4, -0.2) is 11.8 Å². The van der Waals surface area contributed by atoms with Crippen molar-refractivity contribution in [3.63, 3.8) is 0 Å². The lowest BCUT2D eigenvalue weighted by Crippen LogP contribution is -2.31. The summed E-state index contributed by atoms with van der Waals surface area (Å²) in [6.45, 7) is 0. The lowest BCUT2D eigenvalue weighted by atomic mass is 10.0. The van der Waals surface area contributed by atoms with E-state index in [1.165, 1.54) is 0 Å². The monoisotopic (exact) mass is 380 g/mol. The van der Waals surface area contributed by atoms with Crippen LogP contribution in [0, 0.1) is 11.6 Å². The van der Waals surface area contributed by atoms with E-state index < -0.39 is 23.6 Å². The van der Waals surface area contributed by atoms with Crippen LogP contribution in [-0.2, 0) is 4.79 Å². The highest BCUT2D eigenvalue weighted by molar-refractivity contribution is 5.95. The van der Waals surface area contributed by atoms with Gasteiger partial charge in [0.25, 0.3) is 5.91 Å². The van der Waals surface area contributed by atoms with Crippen molar-refractivity contribution < 1.29 is 18.4 Å². The molecule has 1 unspecified atom stereocenters. The standard InChI is InChI=1S/C22H18F2N2O2/c23-17-11-12-18(24)20(13-17)25-21(27)14-19(15-7-3-1-4-8-15)26-22(28)16-9-5-2-6-10-16/h1-13,19H,14H2,(H,25,27)(H,26,28). The second-order valence-electron chi connectivity index (χ2n) is 6.18. The van der Waals surface area contributed by atoms with Gasteiger partial charge in [-0.1, -0.05) is 48.5 Å². The first-order chi connectivity index (χ1) is 13.5. The average molecular weight is 380 g/mol. The number of benzene rings is 3. The van der Waals surface area contributed by atoms with E-state index in [2.05, 4.69) is 10.6 Å². The Kier molecular flexibility index (Phi) is 6.11. The van der Waals surface area contributed by atoms with Gasteiger partial charge in [-0.3, -0.25) is 9.59 Å². The lowest BCUT2D eigenvalue weighted by Gasteiger charge is -2.19. The zero-order valence-electron chi connectivity index (χ0n) is 14.9. The number of nitrogens with one attached hydrogen (secondary N) is 2. The predicted molar refractivity (Wildman–Crippen MR) is 103 cm³/mol. The molecule has 4 nitrogen and oxygen atoms in total. The summed E-state index contributed by atoms with van der Waals surface area (Å²) < 4.78 is 27.1. The molecule has 0 heterocycles. The highest BCUT2D eigenvalue weighted by atomic mass is 19.1. The van der Waals surface area contributed by atoms with Gasteiger partial charge >= 0.3 is 0 Å². The topological polar surface area (TPSA) is 58.2 Å². The van der Waals surface area contributed by atoms with Crippen LogP contribution < -0.4 is 10.6 Å². The molecule has 0 aliphatic carbocycles. The van der Waals surface area contributed by atoms with Gasteiger partial charge in [0.05, 0.1) is 18.2 Å². The van der Waals surface area contributed by atoms with Gasteiger partial charge in [-0.05, 0) is 29.8 Å². The Balaban J connectivity index is 1.76. The largest absolute Gasteiger partial charge is 0.345 e. The fourth-order valence-corrected chi connectivity index (χ4v) is 2.75. The third-order valence-corrected chi connectivity index (χ3v) is 4.14. The third kappa shape index (κ3) is 5.01. The average Bonchev–Trinajstić information content (AvgIpc) is 2.71. The summed E-state index contributed by atoms with van der Waals surface area (Å²) >= 11 is 0.